The molecule has 196 valence electrons. The van der Waals surface area contributed by atoms with Gasteiger partial charge in [0.25, 0.3) is 0 Å². The van der Waals surface area contributed by atoms with E-state index in [1.165, 1.54) is 29.8 Å². The molecule has 1 saturated heterocycles. The van der Waals surface area contributed by atoms with E-state index in [0.717, 1.165) is 5.56 Å². The molecule has 2 fully saturated rings. The summed E-state index contributed by atoms with van der Waals surface area (Å²) in [7, 11) is -3.24. The molecule has 2 amide bonds. The molecule has 0 radical (unpaired) electrons. The van der Waals surface area contributed by atoms with Crippen molar-refractivity contribution in [2.75, 3.05) is 18.8 Å². The molecule has 2 heterocycles. The minimum atomic E-state index is -3.24. The molecule has 1 aliphatic carbocycles. The molecule has 1 aliphatic heterocycles. The second-order valence-corrected chi connectivity index (χ2v) is 12.8. The highest BCUT2D eigenvalue weighted by Gasteiger charge is 2.40. The van der Waals surface area contributed by atoms with Crippen LogP contribution in [-0.4, -0.2) is 48.0 Å². The topological polar surface area (TPSA) is 84.3 Å². The zero-order chi connectivity index (χ0) is 26.2. The first-order valence-electron chi connectivity index (χ1n) is 13.3. The van der Waals surface area contributed by atoms with Gasteiger partial charge in [-0.25, -0.2) is 13.2 Å². The van der Waals surface area contributed by atoms with Gasteiger partial charge in [0, 0.05) is 49.1 Å². The number of nitrogens with one attached hydrogen (secondary N) is 1. The van der Waals surface area contributed by atoms with Gasteiger partial charge >= 0.3 is 6.03 Å². The normalized spacial score (nSPS) is 19.9. The minimum absolute atomic E-state index is 0.0691. The maximum Gasteiger partial charge on any atom is 0.317 e. The molecule has 2 atom stereocenters. The number of aromatic nitrogens is 2. The van der Waals surface area contributed by atoms with Crippen molar-refractivity contribution in [2.24, 2.45) is 0 Å². The van der Waals surface area contributed by atoms with Gasteiger partial charge in [-0.3, -0.25) is 4.68 Å². The summed E-state index contributed by atoms with van der Waals surface area (Å²) in [6, 6.07) is 19.7. The number of urea groups is 1. The molecule has 0 unspecified atom stereocenters. The molecular formula is C29H36N4O3S. The highest BCUT2D eigenvalue weighted by atomic mass is 32.2. The van der Waals surface area contributed by atoms with Gasteiger partial charge in [0.1, 0.15) is 0 Å². The Morgan fingerprint density at radius 2 is 1.70 bits per heavy atom. The van der Waals surface area contributed by atoms with Crippen LogP contribution in [0.5, 0.6) is 0 Å². The molecule has 5 rings (SSSR count). The van der Waals surface area contributed by atoms with Crippen molar-refractivity contribution in [3.05, 3.63) is 83.2 Å². The fourth-order valence-corrected chi connectivity index (χ4v) is 6.16. The molecule has 1 aromatic heterocycles. The lowest BCUT2D eigenvalue weighted by Crippen LogP contribution is -2.38. The zero-order valence-electron chi connectivity index (χ0n) is 21.8. The van der Waals surface area contributed by atoms with Crippen LogP contribution in [0.3, 0.4) is 0 Å². The van der Waals surface area contributed by atoms with Gasteiger partial charge in [-0.05, 0) is 56.0 Å². The van der Waals surface area contributed by atoms with Crippen molar-refractivity contribution < 1.29 is 13.2 Å². The van der Waals surface area contributed by atoms with Crippen LogP contribution in [0.15, 0.2) is 65.6 Å². The average molecular weight is 521 g/mol. The number of benzene rings is 2. The minimum Gasteiger partial charge on any atom is -0.334 e. The van der Waals surface area contributed by atoms with Gasteiger partial charge in [0.2, 0.25) is 0 Å². The highest BCUT2D eigenvalue weighted by Crippen LogP contribution is 2.44. The summed E-state index contributed by atoms with van der Waals surface area (Å²) in [5, 5.41) is 8.02. The molecule has 37 heavy (non-hydrogen) atoms. The zero-order valence-corrected chi connectivity index (χ0v) is 22.6. The maximum atomic E-state index is 13.3. The number of likely N-dealkylation sites (tertiary alicyclic amines) is 1. The molecule has 3 aromatic rings. The average Bonchev–Trinajstić information content (AvgIpc) is 3.50. The Balaban J connectivity index is 1.34. The molecule has 2 aromatic carbocycles. The van der Waals surface area contributed by atoms with Crippen molar-refractivity contribution in [3.8, 4) is 0 Å². The van der Waals surface area contributed by atoms with Crippen molar-refractivity contribution in [3.63, 3.8) is 0 Å². The largest absolute Gasteiger partial charge is 0.334 e. The van der Waals surface area contributed by atoms with Crippen LogP contribution >= 0.6 is 0 Å². The lowest BCUT2D eigenvalue weighted by molar-refractivity contribution is 0.207. The maximum absolute atomic E-state index is 13.3. The number of nitrogens with zero attached hydrogens (tertiary/aromatic N) is 3. The van der Waals surface area contributed by atoms with Crippen LogP contribution in [0.4, 0.5) is 4.79 Å². The number of hydrogen-bond acceptors (Lipinski definition) is 4. The Labute approximate surface area is 219 Å². The van der Waals surface area contributed by atoms with E-state index in [0.29, 0.717) is 30.4 Å². The first kappa shape index (κ1) is 25.5. The van der Waals surface area contributed by atoms with Crippen molar-refractivity contribution in [1.29, 1.82) is 0 Å². The summed E-state index contributed by atoms with van der Waals surface area (Å²) >= 11 is 0. The standard InChI is InChI=1S/C29H36N4O3S/c1-4-37(35,36)24-14-10-21(11-15-24)17-30-29(34)32-18-25(22-8-6-5-7-9-22)26(19-32)28-16-27(23-12-13-23)31-33(28)20(2)3/h5-11,14-16,20,23,25-26H,4,12-13,17-19H2,1-3H3,(H,30,34)/t25-,26+/m1/s1. The number of rotatable bonds is 8. The molecule has 1 N–H and O–H groups in total. The van der Waals surface area contributed by atoms with E-state index in [9.17, 15) is 13.2 Å². The first-order chi connectivity index (χ1) is 17.8. The monoisotopic (exact) mass is 520 g/mol. The number of hydrogen-bond donors (Lipinski definition) is 1. The molecule has 8 heteroatoms. The van der Waals surface area contributed by atoms with Crippen molar-refractivity contribution in [1.82, 2.24) is 20.0 Å². The fourth-order valence-electron chi connectivity index (χ4n) is 5.28. The van der Waals surface area contributed by atoms with Gasteiger partial charge in [-0.15, -0.1) is 0 Å². The fraction of sp³-hybridized carbons (Fsp3) is 0.448. The van der Waals surface area contributed by atoms with Crippen LogP contribution in [0.2, 0.25) is 0 Å². The van der Waals surface area contributed by atoms with E-state index in [1.54, 1.807) is 31.2 Å². The van der Waals surface area contributed by atoms with Crippen molar-refractivity contribution in [2.45, 2.75) is 68.8 Å². The van der Waals surface area contributed by atoms with Crippen molar-refractivity contribution >= 4 is 15.9 Å². The van der Waals surface area contributed by atoms with Gasteiger partial charge < -0.3 is 10.2 Å². The second-order valence-electron chi connectivity index (χ2n) is 10.5. The van der Waals surface area contributed by atoms with Crippen LogP contribution < -0.4 is 5.32 Å². The van der Waals surface area contributed by atoms with Gasteiger partial charge in [0.15, 0.2) is 9.84 Å². The smallest absolute Gasteiger partial charge is 0.317 e. The summed E-state index contributed by atoms with van der Waals surface area (Å²) in [6.45, 7) is 7.58. The number of amides is 2. The molecule has 7 nitrogen and oxygen atoms in total. The third-order valence-electron chi connectivity index (χ3n) is 7.59. The van der Waals surface area contributed by atoms with Gasteiger partial charge in [0.05, 0.1) is 16.3 Å². The Morgan fingerprint density at radius 1 is 1.03 bits per heavy atom. The molecule has 0 bridgehead atoms. The van der Waals surface area contributed by atoms with E-state index >= 15 is 0 Å². The Morgan fingerprint density at radius 3 is 2.32 bits per heavy atom. The first-order valence-corrected chi connectivity index (χ1v) is 14.9. The summed E-state index contributed by atoms with van der Waals surface area (Å²) < 4.78 is 26.3. The van der Waals surface area contributed by atoms with E-state index in [4.69, 9.17) is 5.10 Å². The van der Waals surface area contributed by atoms with E-state index in [-0.39, 0.29) is 29.7 Å². The lowest BCUT2D eigenvalue weighted by atomic mass is 9.86. The Hall–Kier alpha value is -3.13. The summed E-state index contributed by atoms with van der Waals surface area (Å²) in [5.41, 5.74) is 4.51. The summed E-state index contributed by atoms with van der Waals surface area (Å²) in [6.07, 6.45) is 2.42. The van der Waals surface area contributed by atoms with E-state index in [1.807, 2.05) is 11.0 Å². The van der Waals surface area contributed by atoms with Crippen LogP contribution in [-0.2, 0) is 16.4 Å². The third kappa shape index (κ3) is 5.44. The lowest BCUT2D eigenvalue weighted by Gasteiger charge is -2.21. The second kappa shape index (κ2) is 10.3. The summed E-state index contributed by atoms with van der Waals surface area (Å²) in [5.74, 6) is 0.994. The molecule has 1 saturated carbocycles. The third-order valence-corrected chi connectivity index (χ3v) is 9.34. The van der Waals surface area contributed by atoms with Crippen LogP contribution in [0, 0.1) is 0 Å². The predicted octanol–water partition coefficient (Wildman–Crippen LogP) is 5.23. The molecular weight excluding hydrogens is 484 g/mol. The van der Waals surface area contributed by atoms with Gasteiger partial charge in [-0.2, -0.15) is 5.10 Å². The van der Waals surface area contributed by atoms with E-state index in [2.05, 4.69) is 54.2 Å². The van der Waals surface area contributed by atoms with Crippen LogP contribution in [0.1, 0.15) is 79.9 Å². The van der Waals surface area contributed by atoms with Crippen LogP contribution in [0.25, 0.3) is 0 Å². The van der Waals surface area contributed by atoms with Gasteiger partial charge in [-0.1, -0.05) is 49.4 Å². The Kier molecular flexibility index (Phi) is 7.12. The number of carbonyl (C=O) groups is 1. The Bertz CT molecular complexity index is 1350. The predicted molar refractivity (Wildman–Crippen MR) is 144 cm³/mol. The SMILES string of the molecule is CCS(=O)(=O)c1ccc(CNC(=O)N2C[C@H](c3ccccc3)[C@@H](c3cc(C4CC4)nn3C(C)C)C2)cc1. The molecule has 2 aliphatic rings. The number of carbonyl (C=O) groups excluding carboxylic acids is 1. The highest BCUT2D eigenvalue weighted by molar-refractivity contribution is 7.91. The number of sulfone groups is 1. The molecule has 0 spiro atoms. The van der Waals surface area contributed by atoms with E-state index < -0.39 is 9.84 Å². The quantitative estimate of drug-likeness (QED) is 0.441. The summed E-state index contributed by atoms with van der Waals surface area (Å²) in [4.78, 5) is 15.5.